The van der Waals surface area contributed by atoms with Crippen molar-refractivity contribution >= 4 is 0 Å². The average molecular weight is 235 g/mol. The Morgan fingerprint density at radius 3 is 2.18 bits per heavy atom. The highest BCUT2D eigenvalue weighted by Crippen LogP contribution is 2.49. The largest absolute Gasteiger partial charge is 0.348 e. The normalized spacial score (nSPS) is 31.0. The van der Waals surface area contributed by atoms with E-state index in [1.165, 1.54) is 19.3 Å². The molecule has 94 valence electrons. The van der Waals surface area contributed by atoms with E-state index < -0.39 is 0 Å². The number of nitrogens with zero attached hydrogens (tertiary/aromatic N) is 1. The predicted molar refractivity (Wildman–Crippen MR) is 63.1 cm³/mol. The number of rotatable bonds is 2. The topological polar surface area (TPSA) is 42.2 Å². The summed E-state index contributed by atoms with van der Waals surface area (Å²) >= 11 is 0. The highest BCUT2D eigenvalue weighted by molar-refractivity contribution is 5.05. The minimum Gasteiger partial charge on any atom is -0.348 e. The second-order valence-corrected chi connectivity index (χ2v) is 6.00. The Labute approximate surface area is 103 Å². The van der Waals surface area contributed by atoms with Crippen LogP contribution in [0.3, 0.4) is 0 Å². The van der Waals surface area contributed by atoms with Crippen LogP contribution in [0.1, 0.15) is 51.4 Å². The highest BCUT2D eigenvalue weighted by atomic mass is 16.7. The molecule has 0 aromatic carbocycles. The lowest BCUT2D eigenvalue weighted by Crippen LogP contribution is -2.40. The fourth-order valence-corrected chi connectivity index (χ4v) is 3.51. The lowest BCUT2D eigenvalue weighted by molar-refractivity contribution is -0.188. The second-order valence-electron chi connectivity index (χ2n) is 6.00. The van der Waals surface area contributed by atoms with Gasteiger partial charge in [-0.15, -0.1) is 0 Å². The zero-order valence-electron chi connectivity index (χ0n) is 10.4. The molecule has 0 bridgehead atoms. The van der Waals surface area contributed by atoms with Gasteiger partial charge in [0.25, 0.3) is 0 Å². The minimum absolute atomic E-state index is 0.0777. The summed E-state index contributed by atoms with van der Waals surface area (Å²) in [4.78, 5) is 0. The maximum absolute atomic E-state index is 9.51. The molecule has 0 aromatic rings. The van der Waals surface area contributed by atoms with E-state index in [1.54, 1.807) is 0 Å². The third-order valence-electron chi connectivity index (χ3n) is 4.92. The maximum Gasteiger partial charge on any atom is 0.168 e. The Hall–Kier alpha value is -0.590. The Kier molecular flexibility index (Phi) is 2.88. The summed E-state index contributed by atoms with van der Waals surface area (Å²) in [6, 6.07) is 2.61. The first-order chi connectivity index (χ1) is 8.26. The molecule has 1 aliphatic heterocycles. The first-order valence-corrected chi connectivity index (χ1v) is 6.95. The van der Waals surface area contributed by atoms with Crippen molar-refractivity contribution in [2.24, 2.45) is 11.3 Å². The number of hydrogen-bond donors (Lipinski definition) is 0. The molecule has 1 spiro atoms. The molecule has 3 aliphatic rings. The lowest BCUT2D eigenvalue weighted by atomic mass is 9.65. The summed E-state index contributed by atoms with van der Waals surface area (Å²) in [6.45, 7) is 1.45. The van der Waals surface area contributed by atoms with E-state index in [9.17, 15) is 5.26 Å². The number of hydrogen-bond acceptors (Lipinski definition) is 3. The van der Waals surface area contributed by atoms with Crippen molar-refractivity contribution in [2.45, 2.75) is 57.2 Å². The Morgan fingerprint density at radius 1 is 1.06 bits per heavy atom. The Balaban J connectivity index is 1.62. The standard InChI is InChI=1S/C14H21NO2/c15-11-13(10-12-2-1-3-12)4-6-14(7-5-13)16-8-9-17-14/h12H,1-10H2. The van der Waals surface area contributed by atoms with E-state index in [-0.39, 0.29) is 11.2 Å². The number of nitriles is 1. The zero-order valence-corrected chi connectivity index (χ0v) is 10.4. The van der Waals surface area contributed by atoms with Crippen LogP contribution in [0.2, 0.25) is 0 Å². The molecule has 3 fully saturated rings. The van der Waals surface area contributed by atoms with Gasteiger partial charge in [-0.2, -0.15) is 5.26 Å². The zero-order chi connectivity index (χ0) is 11.8. The van der Waals surface area contributed by atoms with Crippen molar-refractivity contribution in [3.63, 3.8) is 0 Å². The molecule has 1 saturated heterocycles. The molecule has 0 N–H and O–H groups in total. The molecule has 0 unspecified atom stereocenters. The third-order valence-corrected chi connectivity index (χ3v) is 4.92. The van der Waals surface area contributed by atoms with Crippen LogP contribution in [0, 0.1) is 22.7 Å². The van der Waals surface area contributed by atoms with Gasteiger partial charge in [0.15, 0.2) is 5.79 Å². The molecular weight excluding hydrogens is 214 g/mol. The van der Waals surface area contributed by atoms with Crippen molar-refractivity contribution in [1.29, 1.82) is 5.26 Å². The smallest absolute Gasteiger partial charge is 0.168 e. The van der Waals surface area contributed by atoms with Crippen molar-refractivity contribution in [3.05, 3.63) is 0 Å². The van der Waals surface area contributed by atoms with Crippen LogP contribution >= 0.6 is 0 Å². The van der Waals surface area contributed by atoms with Crippen LogP contribution in [-0.2, 0) is 9.47 Å². The van der Waals surface area contributed by atoms with Crippen molar-refractivity contribution < 1.29 is 9.47 Å². The van der Waals surface area contributed by atoms with E-state index in [1.807, 2.05) is 0 Å². The molecule has 3 rings (SSSR count). The van der Waals surface area contributed by atoms with Gasteiger partial charge in [-0.05, 0) is 25.2 Å². The summed E-state index contributed by atoms with van der Waals surface area (Å²) in [5.41, 5.74) is -0.0777. The first kappa shape index (κ1) is 11.5. The van der Waals surface area contributed by atoms with E-state index in [0.29, 0.717) is 0 Å². The first-order valence-electron chi connectivity index (χ1n) is 6.95. The molecule has 0 aromatic heterocycles. The lowest BCUT2D eigenvalue weighted by Gasteiger charge is -2.42. The van der Waals surface area contributed by atoms with Crippen molar-refractivity contribution in [2.75, 3.05) is 13.2 Å². The maximum atomic E-state index is 9.51. The third kappa shape index (κ3) is 2.09. The van der Waals surface area contributed by atoms with Crippen LogP contribution in [0.5, 0.6) is 0 Å². The van der Waals surface area contributed by atoms with Gasteiger partial charge in [0.05, 0.1) is 24.7 Å². The van der Waals surface area contributed by atoms with E-state index in [4.69, 9.17) is 9.47 Å². The van der Waals surface area contributed by atoms with Crippen LogP contribution in [0.15, 0.2) is 0 Å². The molecule has 2 saturated carbocycles. The minimum atomic E-state index is -0.319. The molecule has 0 radical (unpaired) electrons. The second kappa shape index (κ2) is 4.26. The van der Waals surface area contributed by atoms with Gasteiger partial charge in [-0.3, -0.25) is 0 Å². The summed E-state index contributed by atoms with van der Waals surface area (Å²) in [7, 11) is 0. The van der Waals surface area contributed by atoms with E-state index >= 15 is 0 Å². The molecule has 1 heterocycles. The van der Waals surface area contributed by atoms with Crippen molar-refractivity contribution in [3.8, 4) is 6.07 Å². The van der Waals surface area contributed by atoms with Gasteiger partial charge in [0.2, 0.25) is 0 Å². The van der Waals surface area contributed by atoms with Gasteiger partial charge in [-0.25, -0.2) is 0 Å². The van der Waals surface area contributed by atoms with E-state index in [0.717, 1.165) is 51.2 Å². The van der Waals surface area contributed by atoms with Gasteiger partial charge >= 0.3 is 0 Å². The van der Waals surface area contributed by atoms with Crippen molar-refractivity contribution in [1.82, 2.24) is 0 Å². The van der Waals surface area contributed by atoms with E-state index in [2.05, 4.69) is 6.07 Å². The predicted octanol–water partition coefficient (Wildman–Crippen LogP) is 3.00. The monoisotopic (exact) mass is 235 g/mol. The summed E-state index contributed by atoms with van der Waals surface area (Å²) in [6.07, 6.45) is 8.88. The fraction of sp³-hybridized carbons (Fsp3) is 0.929. The molecule has 17 heavy (non-hydrogen) atoms. The molecule has 3 heteroatoms. The molecule has 3 nitrogen and oxygen atoms in total. The molecule has 0 amide bonds. The van der Waals surface area contributed by atoms with Crippen LogP contribution in [0.25, 0.3) is 0 Å². The quantitative estimate of drug-likeness (QED) is 0.739. The SMILES string of the molecule is N#CC1(CC2CCC2)CCC2(CC1)OCCO2. The summed E-state index contributed by atoms with van der Waals surface area (Å²) in [5, 5.41) is 9.51. The van der Waals surface area contributed by atoms with Gasteiger partial charge in [-0.1, -0.05) is 19.3 Å². The molecule has 0 atom stereocenters. The Morgan fingerprint density at radius 2 is 1.71 bits per heavy atom. The van der Waals surface area contributed by atoms with Gasteiger partial charge < -0.3 is 9.47 Å². The number of ether oxygens (including phenoxy) is 2. The van der Waals surface area contributed by atoms with Crippen LogP contribution < -0.4 is 0 Å². The van der Waals surface area contributed by atoms with Crippen LogP contribution in [-0.4, -0.2) is 19.0 Å². The van der Waals surface area contributed by atoms with Gasteiger partial charge in [0.1, 0.15) is 0 Å². The Bertz CT molecular complexity index is 314. The molecule has 2 aliphatic carbocycles. The van der Waals surface area contributed by atoms with Crippen LogP contribution in [0.4, 0.5) is 0 Å². The molecular formula is C14H21NO2. The summed E-state index contributed by atoms with van der Waals surface area (Å²) < 4.78 is 11.5. The average Bonchev–Trinajstić information content (AvgIpc) is 2.76. The highest BCUT2D eigenvalue weighted by Gasteiger charge is 2.47. The fourth-order valence-electron chi connectivity index (χ4n) is 3.51. The van der Waals surface area contributed by atoms with Gasteiger partial charge in [0, 0.05) is 12.8 Å². The summed E-state index contributed by atoms with van der Waals surface area (Å²) in [5.74, 6) is 0.495.